The number of nitrogens with zero attached hydrogens (tertiary/aromatic N) is 1. The predicted molar refractivity (Wildman–Crippen MR) is 186 cm³/mol. The number of nitrogens with one attached hydrogen (secondary N) is 1. The van der Waals surface area contributed by atoms with Crippen molar-refractivity contribution in [3.05, 3.63) is 64.0 Å². The Balaban J connectivity index is 1.47. The topological polar surface area (TPSA) is 138 Å². The van der Waals surface area contributed by atoms with Crippen molar-refractivity contribution >= 4 is 56.4 Å². The van der Waals surface area contributed by atoms with E-state index in [2.05, 4.69) is 5.32 Å². The van der Waals surface area contributed by atoms with E-state index in [0.29, 0.717) is 27.9 Å². The first-order valence-corrected chi connectivity index (χ1v) is 18.4. The second kappa shape index (κ2) is 15.2. The van der Waals surface area contributed by atoms with Gasteiger partial charge in [-0.1, -0.05) is 44.5 Å². The monoisotopic (exact) mass is 720 g/mol. The van der Waals surface area contributed by atoms with E-state index in [0.717, 1.165) is 16.0 Å². The number of methoxy groups -OCH3 is 1. The summed E-state index contributed by atoms with van der Waals surface area (Å²) in [7, 11) is -2.15. The second-order valence-electron chi connectivity index (χ2n) is 12.6. The lowest BCUT2D eigenvalue weighted by atomic mass is 10.1. The van der Waals surface area contributed by atoms with E-state index >= 15 is 0 Å². The number of fused-ring (bicyclic) bond motifs is 1. The number of thiophene rings is 1. The zero-order valence-corrected chi connectivity index (χ0v) is 30.4. The highest BCUT2D eigenvalue weighted by Crippen LogP contribution is 2.40. The lowest BCUT2D eigenvalue weighted by molar-refractivity contribution is -0.153. The number of esters is 1. The zero-order chi connectivity index (χ0) is 35.4. The van der Waals surface area contributed by atoms with Crippen LogP contribution in [0.2, 0.25) is 5.02 Å². The first-order chi connectivity index (χ1) is 22.5. The van der Waals surface area contributed by atoms with Crippen molar-refractivity contribution in [2.75, 3.05) is 30.1 Å². The molecule has 2 atom stereocenters. The van der Waals surface area contributed by atoms with Crippen molar-refractivity contribution in [2.24, 2.45) is 5.92 Å². The number of ether oxygens (including phenoxy) is 4. The third kappa shape index (κ3) is 9.42. The fourth-order valence-corrected chi connectivity index (χ4v) is 7.09. The van der Waals surface area contributed by atoms with Crippen molar-refractivity contribution in [1.82, 2.24) is 5.32 Å². The van der Waals surface area contributed by atoms with Crippen molar-refractivity contribution < 1.29 is 41.7 Å². The van der Waals surface area contributed by atoms with Gasteiger partial charge in [-0.3, -0.25) is 4.79 Å². The summed E-state index contributed by atoms with van der Waals surface area (Å²) in [5.41, 5.74) is 1.70. The SMILES string of the molecule is CCS(=O)(=O)C[C@H](COc1ccc(N2Cc3cc(-c4ccc(Cl)cc4)sc3C2=O)cc1OC)OC(=O)[C@@H](NC(=O)OC(C)(C)C)C(C)C. The third-order valence-corrected chi connectivity index (χ3v) is 10.6. The highest BCUT2D eigenvalue weighted by atomic mass is 35.5. The van der Waals surface area contributed by atoms with Crippen LogP contribution in [0, 0.1) is 5.92 Å². The number of sulfone groups is 1. The van der Waals surface area contributed by atoms with Crippen LogP contribution in [0.5, 0.6) is 11.5 Å². The largest absolute Gasteiger partial charge is 0.493 e. The van der Waals surface area contributed by atoms with Crippen LogP contribution in [0.4, 0.5) is 10.5 Å². The summed E-state index contributed by atoms with van der Waals surface area (Å²) in [5.74, 6) is -1.44. The molecule has 0 saturated heterocycles. The maximum absolute atomic E-state index is 13.4. The molecule has 14 heteroatoms. The van der Waals surface area contributed by atoms with Crippen molar-refractivity contribution in [1.29, 1.82) is 0 Å². The highest BCUT2D eigenvalue weighted by Gasteiger charge is 2.34. The number of amides is 2. The summed E-state index contributed by atoms with van der Waals surface area (Å²) in [5, 5.41) is 3.16. The Bertz CT molecular complexity index is 1750. The average Bonchev–Trinajstić information content (AvgIpc) is 3.56. The van der Waals surface area contributed by atoms with E-state index in [-0.39, 0.29) is 29.9 Å². The quantitative estimate of drug-likeness (QED) is 0.196. The molecule has 0 spiro atoms. The molecule has 1 N–H and O–H groups in total. The summed E-state index contributed by atoms with van der Waals surface area (Å²) in [6, 6.07) is 13.4. The molecular weight excluding hydrogens is 680 g/mol. The summed E-state index contributed by atoms with van der Waals surface area (Å²) in [4.78, 5) is 42.3. The third-order valence-electron chi connectivity index (χ3n) is 7.34. The van der Waals surface area contributed by atoms with E-state index in [9.17, 15) is 22.8 Å². The second-order valence-corrected chi connectivity index (χ2v) is 16.5. The van der Waals surface area contributed by atoms with Crippen LogP contribution in [0.25, 0.3) is 10.4 Å². The van der Waals surface area contributed by atoms with Crippen LogP contribution in [-0.4, -0.2) is 69.4 Å². The molecule has 3 aromatic rings. The number of carbonyl (C=O) groups is 3. The summed E-state index contributed by atoms with van der Waals surface area (Å²) < 4.78 is 47.5. The first kappa shape index (κ1) is 37.0. The van der Waals surface area contributed by atoms with Gasteiger partial charge < -0.3 is 29.2 Å². The number of benzene rings is 2. The normalized spacial score (nSPS) is 14.4. The van der Waals surface area contributed by atoms with E-state index in [1.54, 1.807) is 57.7 Å². The van der Waals surface area contributed by atoms with Gasteiger partial charge >= 0.3 is 12.1 Å². The van der Waals surface area contributed by atoms with Crippen molar-refractivity contribution in [3.8, 4) is 21.9 Å². The number of hydrogen-bond acceptors (Lipinski definition) is 10. The predicted octanol–water partition coefficient (Wildman–Crippen LogP) is 6.51. The van der Waals surface area contributed by atoms with E-state index < -0.39 is 45.4 Å². The van der Waals surface area contributed by atoms with Crippen LogP contribution >= 0.6 is 22.9 Å². The first-order valence-electron chi connectivity index (χ1n) is 15.4. The molecule has 2 heterocycles. The summed E-state index contributed by atoms with van der Waals surface area (Å²) in [6.07, 6.45) is -2.00. The molecule has 1 aromatic heterocycles. The van der Waals surface area contributed by atoms with Crippen LogP contribution < -0.4 is 19.7 Å². The zero-order valence-electron chi connectivity index (χ0n) is 28.0. The van der Waals surface area contributed by atoms with Gasteiger partial charge in [0.15, 0.2) is 21.3 Å². The number of carbonyl (C=O) groups excluding carboxylic acids is 3. The van der Waals surface area contributed by atoms with Crippen LogP contribution in [0.15, 0.2) is 48.5 Å². The molecule has 2 aromatic carbocycles. The van der Waals surface area contributed by atoms with E-state index in [1.165, 1.54) is 25.4 Å². The van der Waals surface area contributed by atoms with Crippen LogP contribution in [-0.2, 0) is 30.7 Å². The molecule has 11 nitrogen and oxygen atoms in total. The Morgan fingerprint density at radius 3 is 2.33 bits per heavy atom. The van der Waals surface area contributed by atoms with E-state index in [4.69, 9.17) is 30.5 Å². The molecule has 260 valence electrons. The Labute approximate surface area is 290 Å². The molecule has 0 unspecified atom stereocenters. The van der Waals surface area contributed by atoms with Gasteiger partial charge in [0, 0.05) is 27.4 Å². The molecule has 2 amide bonds. The fraction of sp³-hybridized carbons (Fsp3) is 0.441. The number of rotatable bonds is 13. The van der Waals surface area contributed by atoms with E-state index in [1.807, 2.05) is 30.3 Å². The van der Waals surface area contributed by atoms with Crippen molar-refractivity contribution in [2.45, 2.75) is 65.8 Å². The van der Waals surface area contributed by atoms with Crippen LogP contribution in [0.1, 0.15) is 56.8 Å². The highest BCUT2D eigenvalue weighted by molar-refractivity contribution is 7.91. The lowest BCUT2D eigenvalue weighted by Crippen LogP contribution is -2.49. The van der Waals surface area contributed by atoms with Gasteiger partial charge in [0.1, 0.15) is 24.4 Å². The van der Waals surface area contributed by atoms with Gasteiger partial charge in [-0.15, -0.1) is 11.3 Å². The minimum atomic E-state index is -3.59. The molecule has 0 aliphatic carbocycles. The smallest absolute Gasteiger partial charge is 0.408 e. The molecule has 1 aliphatic heterocycles. The maximum atomic E-state index is 13.4. The maximum Gasteiger partial charge on any atom is 0.408 e. The minimum absolute atomic E-state index is 0.137. The fourth-order valence-electron chi connectivity index (χ4n) is 4.87. The number of hydrogen-bond donors (Lipinski definition) is 1. The Hall–Kier alpha value is -3.81. The Morgan fingerprint density at radius 2 is 1.75 bits per heavy atom. The molecule has 4 rings (SSSR count). The molecular formula is C34H41ClN2O9S2. The number of anilines is 1. The standard InChI is InChI=1S/C34H41ClN2O9S2/c1-8-48(41,42)19-25(45-32(39)29(20(2)3)36-33(40)46-34(4,5)6)18-44-26-14-13-24(16-27(26)43-7)37-17-22-15-28(47-30(22)31(37)38)21-9-11-23(35)12-10-21/h9-16,20,25,29H,8,17-19H2,1-7H3,(H,36,40)/t25-,29-/m0/s1. The lowest BCUT2D eigenvalue weighted by Gasteiger charge is -2.26. The molecule has 0 saturated carbocycles. The van der Waals surface area contributed by atoms with Gasteiger partial charge in [0.2, 0.25) is 0 Å². The van der Waals surface area contributed by atoms with Gasteiger partial charge in [0.25, 0.3) is 5.91 Å². The Kier molecular flexibility index (Phi) is 11.7. The number of halogens is 1. The Morgan fingerprint density at radius 1 is 1.06 bits per heavy atom. The van der Waals surface area contributed by atoms with Crippen LogP contribution in [0.3, 0.4) is 0 Å². The van der Waals surface area contributed by atoms with Crippen molar-refractivity contribution in [3.63, 3.8) is 0 Å². The van der Waals surface area contributed by atoms with Gasteiger partial charge in [-0.25, -0.2) is 18.0 Å². The molecule has 0 bridgehead atoms. The number of alkyl carbamates (subject to hydrolysis) is 1. The minimum Gasteiger partial charge on any atom is -0.493 e. The van der Waals surface area contributed by atoms with Gasteiger partial charge in [-0.2, -0.15) is 0 Å². The summed E-state index contributed by atoms with van der Waals surface area (Å²) >= 11 is 7.44. The molecule has 1 aliphatic rings. The molecule has 48 heavy (non-hydrogen) atoms. The molecule has 0 radical (unpaired) electrons. The average molecular weight is 721 g/mol. The van der Waals surface area contributed by atoms with Gasteiger partial charge in [-0.05, 0) is 68.1 Å². The molecule has 0 fully saturated rings. The van der Waals surface area contributed by atoms with Gasteiger partial charge in [0.05, 0.1) is 24.3 Å². The summed E-state index contributed by atoms with van der Waals surface area (Å²) in [6.45, 7) is 10.1.